The number of carboxylic acids is 1. The van der Waals surface area contributed by atoms with Gasteiger partial charge in [0, 0.05) is 18.0 Å². The van der Waals surface area contributed by atoms with Gasteiger partial charge in [0.05, 0.1) is 0 Å². The molecule has 2 rings (SSSR count). The largest absolute Gasteiger partial charge is 0.479 e. The summed E-state index contributed by atoms with van der Waals surface area (Å²) in [6.45, 7) is 0. The predicted octanol–water partition coefficient (Wildman–Crippen LogP) is -2.30. The molecule has 0 aliphatic carbocycles. The number of amides is 1. The van der Waals surface area contributed by atoms with E-state index in [1.165, 1.54) is 24.5 Å². The lowest BCUT2D eigenvalue weighted by Gasteiger charge is -2.38. The smallest absolute Gasteiger partial charge is 0.335 e. The fourth-order valence-electron chi connectivity index (χ4n) is 1.92. The molecule has 2 heterocycles. The van der Waals surface area contributed by atoms with Crippen molar-refractivity contribution < 1.29 is 34.8 Å². The van der Waals surface area contributed by atoms with Crippen LogP contribution in [0, 0.1) is 0 Å². The Labute approximate surface area is 118 Å². The van der Waals surface area contributed by atoms with Gasteiger partial charge in [-0.1, -0.05) is 0 Å². The number of aliphatic hydroxyl groups excluding tert-OH is 3. The van der Waals surface area contributed by atoms with Crippen LogP contribution in [0.3, 0.4) is 0 Å². The molecule has 9 heteroatoms. The lowest BCUT2D eigenvalue weighted by molar-refractivity contribution is -0.231. The highest BCUT2D eigenvalue weighted by atomic mass is 16.6. The van der Waals surface area contributed by atoms with E-state index in [0.29, 0.717) is 0 Å². The summed E-state index contributed by atoms with van der Waals surface area (Å²) >= 11 is 0. The second-order valence-corrected chi connectivity index (χ2v) is 4.50. The standard InChI is InChI=1S/C12H14N2O7/c15-6-7(16)9(12(19)20)21-11(8(6)17)14-10(18)5-1-3-13-4-2-5/h1-4,6-9,11,15-17H,(H,14,18)(H,19,20)/t6-,7-,8+,9-,11+/m0/s1. The van der Waals surface area contributed by atoms with Crippen molar-refractivity contribution in [1.29, 1.82) is 0 Å². The van der Waals surface area contributed by atoms with Crippen LogP contribution in [0.15, 0.2) is 24.5 Å². The van der Waals surface area contributed by atoms with Crippen molar-refractivity contribution in [3.05, 3.63) is 30.1 Å². The molecular formula is C12H14N2O7. The van der Waals surface area contributed by atoms with Gasteiger partial charge in [0.25, 0.3) is 5.91 Å². The van der Waals surface area contributed by atoms with E-state index in [-0.39, 0.29) is 5.56 Å². The summed E-state index contributed by atoms with van der Waals surface area (Å²) in [5.41, 5.74) is 0.216. The van der Waals surface area contributed by atoms with Gasteiger partial charge in [-0.2, -0.15) is 0 Å². The number of aliphatic hydroxyl groups is 3. The molecule has 1 amide bonds. The van der Waals surface area contributed by atoms with E-state index in [1.807, 2.05) is 0 Å². The van der Waals surface area contributed by atoms with Gasteiger partial charge in [-0.15, -0.1) is 0 Å². The minimum absolute atomic E-state index is 0.216. The average Bonchev–Trinajstić information content (AvgIpc) is 2.48. The van der Waals surface area contributed by atoms with Gasteiger partial charge in [-0.3, -0.25) is 9.78 Å². The number of carbonyl (C=O) groups is 2. The number of hydrogen-bond donors (Lipinski definition) is 5. The zero-order valence-electron chi connectivity index (χ0n) is 10.7. The molecule has 9 nitrogen and oxygen atoms in total. The Morgan fingerprint density at radius 3 is 2.29 bits per heavy atom. The normalized spacial score (nSPS) is 32.4. The quantitative estimate of drug-likeness (QED) is 0.418. The lowest BCUT2D eigenvalue weighted by Crippen LogP contribution is -2.64. The molecule has 0 spiro atoms. The minimum atomic E-state index is -1.80. The minimum Gasteiger partial charge on any atom is -0.479 e. The van der Waals surface area contributed by atoms with E-state index >= 15 is 0 Å². The van der Waals surface area contributed by atoms with E-state index in [0.717, 1.165) is 0 Å². The SMILES string of the molecule is O=C(N[C@@H]1O[C@H](C(=O)O)[C@@H](O)[C@H](O)[C@H]1O)c1ccncc1. The molecule has 1 aliphatic heterocycles. The molecular weight excluding hydrogens is 284 g/mol. The van der Waals surface area contributed by atoms with Crippen LogP contribution in [0.5, 0.6) is 0 Å². The molecule has 0 unspecified atom stereocenters. The van der Waals surface area contributed by atoms with E-state index in [1.54, 1.807) is 0 Å². The summed E-state index contributed by atoms with van der Waals surface area (Å²) in [6.07, 6.45) is -5.69. The van der Waals surface area contributed by atoms with Gasteiger partial charge >= 0.3 is 5.97 Å². The van der Waals surface area contributed by atoms with E-state index in [9.17, 15) is 24.9 Å². The first-order chi connectivity index (χ1) is 9.91. The van der Waals surface area contributed by atoms with Crippen molar-refractivity contribution in [2.75, 3.05) is 0 Å². The van der Waals surface area contributed by atoms with Gasteiger partial charge in [-0.05, 0) is 12.1 Å². The maximum atomic E-state index is 11.9. The third-order valence-electron chi connectivity index (χ3n) is 3.07. The molecule has 1 aromatic heterocycles. The number of nitrogens with zero attached hydrogens (tertiary/aromatic N) is 1. The van der Waals surface area contributed by atoms with Crippen molar-refractivity contribution in [2.45, 2.75) is 30.6 Å². The molecule has 21 heavy (non-hydrogen) atoms. The third-order valence-corrected chi connectivity index (χ3v) is 3.07. The summed E-state index contributed by atoms with van der Waals surface area (Å²) < 4.78 is 4.93. The van der Waals surface area contributed by atoms with E-state index in [4.69, 9.17) is 9.84 Å². The number of aromatic nitrogens is 1. The van der Waals surface area contributed by atoms with Gasteiger partial charge < -0.3 is 30.5 Å². The van der Waals surface area contributed by atoms with E-state index in [2.05, 4.69) is 10.3 Å². The molecule has 1 aliphatic rings. The van der Waals surface area contributed by atoms with Crippen molar-refractivity contribution in [3.63, 3.8) is 0 Å². The van der Waals surface area contributed by atoms with Crippen LogP contribution < -0.4 is 5.32 Å². The maximum Gasteiger partial charge on any atom is 0.335 e. The third kappa shape index (κ3) is 3.16. The Hall–Kier alpha value is -2.07. The summed E-state index contributed by atoms with van der Waals surface area (Å²) in [4.78, 5) is 26.6. The summed E-state index contributed by atoms with van der Waals surface area (Å²) in [5, 5.41) is 40.0. The second kappa shape index (κ2) is 6.14. The van der Waals surface area contributed by atoms with Gasteiger partial charge in [0.1, 0.15) is 18.3 Å². The fourth-order valence-corrected chi connectivity index (χ4v) is 1.92. The number of ether oxygens (including phenoxy) is 1. The first-order valence-electron chi connectivity index (χ1n) is 6.05. The van der Waals surface area contributed by atoms with Crippen LogP contribution in [0.1, 0.15) is 10.4 Å². The molecule has 1 saturated heterocycles. The van der Waals surface area contributed by atoms with Crippen LogP contribution in [-0.4, -0.2) is 67.9 Å². The summed E-state index contributed by atoms with van der Waals surface area (Å²) in [6, 6.07) is 2.81. The molecule has 5 atom stereocenters. The molecule has 114 valence electrons. The summed E-state index contributed by atoms with van der Waals surface area (Å²) in [7, 11) is 0. The highest BCUT2D eigenvalue weighted by molar-refractivity contribution is 5.94. The number of carboxylic acid groups (broad SMARTS) is 1. The summed E-state index contributed by atoms with van der Waals surface area (Å²) in [5.74, 6) is -2.16. The van der Waals surface area contributed by atoms with Crippen LogP contribution in [-0.2, 0) is 9.53 Å². The van der Waals surface area contributed by atoms with Gasteiger partial charge in [0.2, 0.25) is 0 Å². The lowest BCUT2D eigenvalue weighted by atomic mass is 9.98. The number of carbonyl (C=O) groups excluding carboxylic acids is 1. The molecule has 1 fully saturated rings. The molecule has 0 aromatic carbocycles. The number of nitrogens with one attached hydrogen (secondary N) is 1. The topological polar surface area (TPSA) is 149 Å². The van der Waals surface area contributed by atoms with Crippen molar-refractivity contribution in [3.8, 4) is 0 Å². The van der Waals surface area contributed by atoms with Crippen molar-refractivity contribution in [2.24, 2.45) is 0 Å². The Bertz CT molecular complexity index is 524. The monoisotopic (exact) mass is 298 g/mol. The highest BCUT2D eigenvalue weighted by Crippen LogP contribution is 2.20. The molecule has 0 saturated carbocycles. The Morgan fingerprint density at radius 1 is 1.10 bits per heavy atom. The Balaban J connectivity index is 2.11. The molecule has 0 radical (unpaired) electrons. The number of hydrogen-bond acceptors (Lipinski definition) is 7. The first-order valence-corrected chi connectivity index (χ1v) is 6.05. The maximum absolute atomic E-state index is 11.9. The number of aliphatic carboxylic acids is 1. The first kappa shape index (κ1) is 15.3. The Kier molecular flexibility index (Phi) is 4.48. The van der Waals surface area contributed by atoms with Crippen molar-refractivity contribution >= 4 is 11.9 Å². The van der Waals surface area contributed by atoms with Crippen LogP contribution in [0.4, 0.5) is 0 Å². The molecule has 5 N–H and O–H groups in total. The van der Waals surface area contributed by atoms with Crippen LogP contribution in [0.25, 0.3) is 0 Å². The van der Waals surface area contributed by atoms with E-state index < -0.39 is 42.5 Å². The Morgan fingerprint density at radius 2 is 1.71 bits per heavy atom. The van der Waals surface area contributed by atoms with Gasteiger partial charge in [0.15, 0.2) is 12.3 Å². The molecule has 0 bridgehead atoms. The zero-order chi connectivity index (χ0) is 15.6. The second-order valence-electron chi connectivity index (χ2n) is 4.50. The number of pyridine rings is 1. The van der Waals surface area contributed by atoms with Crippen LogP contribution >= 0.6 is 0 Å². The van der Waals surface area contributed by atoms with Crippen LogP contribution in [0.2, 0.25) is 0 Å². The zero-order valence-corrected chi connectivity index (χ0v) is 10.7. The number of rotatable bonds is 3. The van der Waals surface area contributed by atoms with Crippen molar-refractivity contribution in [1.82, 2.24) is 10.3 Å². The average molecular weight is 298 g/mol. The molecule has 1 aromatic rings. The highest BCUT2D eigenvalue weighted by Gasteiger charge is 2.47. The predicted molar refractivity (Wildman–Crippen MR) is 66.0 cm³/mol. The fraction of sp³-hybridized carbons (Fsp3) is 0.417. The van der Waals surface area contributed by atoms with Gasteiger partial charge in [-0.25, -0.2) is 4.79 Å².